The van der Waals surface area contributed by atoms with E-state index in [1.54, 1.807) is 12.1 Å². The van der Waals surface area contributed by atoms with E-state index in [9.17, 15) is 13.2 Å². The Morgan fingerprint density at radius 3 is 2.40 bits per heavy atom. The monoisotopic (exact) mass is 612 g/mol. The van der Waals surface area contributed by atoms with Gasteiger partial charge in [0.2, 0.25) is 10.0 Å². The number of nitrogens with zero attached hydrogens (tertiary/aromatic N) is 1. The Morgan fingerprint density at radius 2 is 1.72 bits per heavy atom. The average Bonchev–Trinajstić information content (AvgIpc) is 3.30. The van der Waals surface area contributed by atoms with Gasteiger partial charge in [-0.1, -0.05) is 65.5 Å². The van der Waals surface area contributed by atoms with Crippen LogP contribution in [-0.4, -0.2) is 39.0 Å². The topological polar surface area (TPSA) is 75.7 Å². The van der Waals surface area contributed by atoms with Crippen molar-refractivity contribution in [3.63, 3.8) is 0 Å². The lowest BCUT2D eigenvalue weighted by Crippen LogP contribution is -2.51. The number of rotatable bonds is 9. The number of anilines is 1. The molecular formula is C36H56N2O4S. The molecule has 0 aromatic heterocycles. The number of fused-ring (bicyclic) bond motifs is 5. The second kappa shape index (κ2) is 12.5. The highest BCUT2D eigenvalue weighted by molar-refractivity contribution is 7.89. The van der Waals surface area contributed by atoms with Crippen molar-refractivity contribution in [2.75, 3.05) is 19.4 Å². The van der Waals surface area contributed by atoms with Crippen LogP contribution in [0.15, 0.2) is 40.8 Å². The summed E-state index contributed by atoms with van der Waals surface area (Å²) in [6, 6.07) is 6.23. The summed E-state index contributed by atoms with van der Waals surface area (Å²) in [4.78, 5) is 13.0. The maximum absolute atomic E-state index is 12.8. The van der Waals surface area contributed by atoms with Crippen LogP contribution in [0.1, 0.15) is 105 Å². The number of hydrogen-bond donors (Lipinski definition) is 1. The number of benzene rings is 1. The standard InChI is InChI=1S/C36H56N2O4S/c1-24(2)9-8-10-25(3)31-17-18-32-30-16-11-26-23-28(19-21-35(26,4)33(30)20-22-36(31,32)5)42-34(39)37-27-12-14-29(15-13-27)43(40,41)38(6)7/h11-15,24-25,28,30-33H,8-10,16-23H2,1-7H3,(H,37,39)/t25-,28+,30+,31-,32+,33+,35+,36-/m1/s1. The minimum atomic E-state index is -3.51. The Balaban J connectivity index is 1.19. The second-order valence-electron chi connectivity index (χ2n) is 15.5. The van der Waals surface area contributed by atoms with Gasteiger partial charge in [-0.05, 0) is 116 Å². The summed E-state index contributed by atoms with van der Waals surface area (Å²) in [5.41, 5.74) is 2.75. The fourth-order valence-electron chi connectivity index (χ4n) is 9.97. The van der Waals surface area contributed by atoms with Gasteiger partial charge in [-0.25, -0.2) is 17.5 Å². The third-order valence-electron chi connectivity index (χ3n) is 12.4. The number of ether oxygens (including phenoxy) is 1. The van der Waals surface area contributed by atoms with E-state index in [1.165, 1.54) is 87.5 Å². The molecule has 1 aromatic carbocycles. The largest absolute Gasteiger partial charge is 0.446 e. The molecule has 7 heteroatoms. The second-order valence-corrected chi connectivity index (χ2v) is 17.6. The molecule has 0 bridgehead atoms. The quantitative estimate of drug-likeness (QED) is 0.283. The van der Waals surface area contributed by atoms with Crippen molar-refractivity contribution in [1.82, 2.24) is 4.31 Å². The van der Waals surface area contributed by atoms with E-state index < -0.39 is 16.1 Å². The van der Waals surface area contributed by atoms with Crippen molar-refractivity contribution in [3.05, 3.63) is 35.9 Å². The van der Waals surface area contributed by atoms with Crippen molar-refractivity contribution < 1.29 is 17.9 Å². The Labute approximate surface area is 261 Å². The van der Waals surface area contributed by atoms with Crippen molar-refractivity contribution in [2.45, 2.75) is 116 Å². The highest BCUT2D eigenvalue weighted by atomic mass is 32.2. The first-order valence-corrected chi connectivity index (χ1v) is 18.4. The van der Waals surface area contributed by atoms with E-state index in [4.69, 9.17) is 4.74 Å². The van der Waals surface area contributed by atoms with Gasteiger partial charge in [0.15, 0.2) is 0 Å². The number of sulfonamides is 1. The molecule has 0 radical (unpaired) electrons. The predicted molar refractivity (Wildman–Crippen MR) is 174 cm³/mol. The third kappa shape index (κ3) is 6.32. The summed E-state index contributed by atoms with van der Waals surface area (Å²) in [7, 11) is -0.504. The van der Waals surface area contributed by atoms with Gasteiger partial charge in [-0.2, -0.15) is 0 Å². The summed E-state index contributed by atoms with van der Waals surface area (Å²) in [6.45, 7) is 12.4. The zero-order valence-corrected chi connectivity index (χ0v) is 28.5. The molecule has 5 rings (SSSR count). The van der Waals surface area contributed by atoms with Gasteiger partial charge < -0.3 is 4.74 Å². The average molecular weight is 613 g/mol. The molecule has 0 aliphatic heterocycles. The van der Waals surface area contributed by atoms with E-state index in [0.717, 1.165) is 54.8 Å². The van der Waals surface area contributed by atoms with E-state index in [0.29, 0.717) is 11.1 Å². The summed E-state index contributed by atoms with van der Waals surface area (Å²) in [5.74, 6) is 4.89. The zero-order chi connectivity index (χ0) is 31.2. The molecule has 4 aliphatic carbocycles. The Bertz CT molecular complexity index is 1290. The van der Waals surface area contributed by atoms with Crippen LogP contribution in [0.3, 0.4) is 0 Å². The lowest BCUT2D eigenvalue weighted by molar-refractivity contribution is -0.0577. The van der Waals surface area contributed by atoms with Crippen molar-refractivity contribution in [3.8, 4) is 0 Å². The fraction of sp³-hybridized carbons (Fsp3) is 0.750. The molecule has 0 unspecified atom stereocenters. The maximum Gasteiger partial charge on any atom is 0.411 e. The van der Waals surface area contributed by atoms with Gasteiger partial charge in [-0.15, -0.1) is 0 Å². The molecule has 3 saturated carbocycles. The molecule has 43 heavy (non-hydrogen) atoms. The molecular weight excluding hydrogens is 556 g/mol. The first-order valence-electron chi connectivity index (χ1n) is 17.0. The first kappa shape index (κ1) is 32.5. The Hall–Kier alpha value is -1.86. The van der Waals surface area contributed by atoms with E-state index in [-0.39, 0.29) is 16.4 Å². The number of amides is 1. The van der Waals surface area contributed by atoms with Gasteiger partial charge in [-0.3, -0.25) is 5.32 Å². The summed E-state index contributed by atoms with van der Waals surface area (Å²) >= 11 is 0. The molecule has 240 valence electrons. The summed E-state index contributed by atoms with van der Waals surface area (Å²) in [6.07, 6.45) is 15.6. The van der Waals surface area contributed by atoms with E-state index in [2.05, 4.69) is 46.0 Å². The highest BCUT2D eigenvalue weighted by Gasteiger charge is 2.59. The molecule has 8 atom stereocenters. The first-order chi connectivity index (χ1) is 20.3. The number of allylic oxidation sites excluding steroid dienone is 1. The van der Waals surface area contributed by atoms with Crippen molar-refractivity contribution in [1.29, 1.82) is 0 Å². The van der Waals surface area contributed by atoms with Crippen molar-refractivity contribution in [2.24, 2.45) is 46.3 Å². The van der Waals surface area contributed by atoms with Crippen molar-refractivity contribution >= 4 is 21.8 Å². The fourth-order valence-corrected chi connectivity index (χ4v) is 10.9. The third-order valence-corrected chi connectivity index (χ3v) is 14.2. The molecule has 6 nitrogen and oxygen atoms in total. The summed E-state index contributed by atoms with van der Waals surface area (Å²) in [5, 5.41) is 2.80. The van der Waals surface area contributed by atoms with E-state index >= 15 is 0 Å². The number of carbonyl (C=O) groups is 1. The maximum atomic E-state index is 12.8. The van der Waals surface area contributed by atoms with Crippen LogP contribution in [-0.2, 0) is 14.8 Å². The lowest BCUT2D eigenvalue weighted by Gasteiger charge is -2.58. The highest BCUT2D eigenvalue weighted by Crippen LogP contribution is 2.67. The van der Waals surface area contributed by atoms with E-state index in [1.807, 2.05) is 0 Å². The molecule has 1 N–H and O–H groups in total. The molecule has 1 aromatic rings. The minimum Gasteiger partial charge on any atom is -0.446 e. The number of carbonyl (C=O) groups excluding carboxylic acids is 1. The minimum absolute atomic E-state index is 0.124. The van der Waals surface area contributed by atoms with Crippen LogP contribution >= 0.6 is 0 Å². The SMILES string of the molecule is CC(C)CCC[C@@H](C)[C@H]1CC[C@H]2[C@@H]3CC=C4C[C@@H](OC(=O)Nc5ccc(S(=O)(=O)N(C)C)cc5)CC[C@]4(C)[C@H]3CC[C@]12C. The molecule has 1 amide bonds. The van der Waals surface area contributed by atoms with Gasteiger partial charge in [0.05, 0.1) is 4.90 Å². The zero-order valence-electron chi connectivity index (χ0n) is 27.7. The molecule has 0 heterocycles. The summed E-state index contributed by atoms with van der Waals surface area (Å²) < 4.78 is 31.8. The van der Waals surface area contributed by atoms with Crippen LogP contribution < -0.4 is 5.32 Å². The van der Waals surface area contributed by atoms with Crippen LogP contribution in [0.4, 0.5) is 10.5 Å². The van der Waals surface area contributed by atoms with Gasteiger partial charge in [0, 0.05) is 26.2 Å². The molecule has 3 fully saturated rings. The normalized spacial score (nSPS) is 34.6. The number of nitrogens with one attached hydrogen (secondary N) is 1. The van der Waals surface area contributed by atoms with Crippen LogP contribution in [0.5, 0.6) is 0 Å². The van der Waals surface area contributed by atoms with Gasteiger partial charge in [0.25, 0.3) is 0 Å². The van der Waals surface area contributed by atoms with Crippen LogP contribution in [0.25, 0.3) is 0 Å². The van der Waals surface area contributed by atoms with Gasteiger partial charge in [0.1, 0.15) is 6.10 Å². The predicted octanol–water partition coefficient (Wildman–Crippen LogP) is 8.90. The molecule has 4 aliphatic rings. The smallest absolute Gasteiger partial charge is 0.411 e. The van der Waals surface area contributed by atoms with Crippen LogP contribution in [0.2, 0.25) is 0 Å². The lowest BCUT2D eigenvalue weighted by atomic mass is 9.47. The van der Waals surface area contributed by atoms with Crippen LogP contribution in [0, 0.1) is 46.3 Å². The van der Waals surface area contributed by atoms with Gasteiger partial charge >= 0.3 is 6.09 Å². The molecule has 0 saturated heterocycles. The molecule has 0 spiro atoms. The Morgan fingerprint density at radius 1 is 1.00 bits per heavy atom. The Kier molecular flexibility index (Phi) is 9.46. The number of hydrogen-bond acceptors (Lipinski definition) is 4.